The number of benzene rings is 1. The SMILES string of the molecule is C[C@H]1CN(C[C@H](O)COc2ccc(C(C)(C)C)cc2C(C)(C)C)C[C@H](C)O1. The van der Waals surface area contributed by atoms with E-state index < -0.39 is 6.10 Å². The van der Waals surface area contributed by atoms with Gasteiger partial charge in [-0.3, -0.25) is 4.90 Å². The van der Waals surface area contributed by atoms with Gasteiger partial charge in [-0.2, -0.15) is 0 Å². The van der Waals surface area contributed by atoms with Crippen molar-refractivity contribution < 1.29 is 14.6 Å². The van der Waals surface area contributed by atoms with Crippen LogP contribution in [0.3, 0.4) is 0 Å². The van der Waals surface area contributed by atoms with Gasteiger partial charge in [0.05, 0.1) is 12.2 Å². The second-order valence-electron chi connectivity index (χ2n) is 10.2. The van der Waals surface area contributed by atoms with Gasteiger partial charge >= 0.3 is 0 Å². The third kappa shape index (κ3) is 6.48. The molecule has 1 saturated heterocycles. The van der Waals surface area contributed by atoms with Crippen molar-refractivity contribution >= 4 is 0 Å². The molecule has 0 radical (unpaired) electrons. The van der Waals surface area contributed by atoms with Crippen molar-refractivity contribution in [2.45, 2.75) is 84.5 Å². The van der Waals surface area contributed by atoms with Crippen LogP contribution >= 0.6 is 0 Å². The smallest absolute Gasteiger partial charge is 0.123 e. The Labute approximate surface area is 165 Å². The van der Waals surface area contributed by atoms with E-state index in [2.05, 4.69) is 78.5 Å². The normalized spacial score (nSPS) is 23.3. The zero-order chi connectivity index (χ0) is 20.4. The van der Waals surface area contributed by atoms with Crippen molar-refractivity contribution in [1.29, 1.82) is 0 Å². The van der Waals surface area contributed by atoms with Crippen LogP contribution in [0, 0.1) is 0 Å². The molecule has 0 unspecified atom stereocenters. The molecule has 0 bridgehead atoms. The van der Waals surface area contributed by atoms with Gasteiger partial charge < -0.3 is 14.6 Å². The highest BCUT2D eigenvalue weighted by molar-refractivity contribution is 5.43. The molecule has 4 nitrogen and oxygen atoms in total. The van der Waals surface area contributed by atoms with Crippen LogP contribution in [0.15, 0.2) is 18.2 Å². The highest BCUT2D eigenvalue weighted by Gasteiger charge is 2.26. The van der Waals surface area contributed by atoms with E-state index in [1.54, 1.807) is 0 Å². The first-order valence-electron chi connectivity index (χ1n) is 10.2. The fourth-order valence-electron chi connectivity index (χ4n) is 3.68. The summed E-state index contributed by atoms with van der Waals surface area (Å²) in [5, 5.41) is 10.5. The molecule has 1 aliphatic rings. The Bertz CT molecular complexity index is 605. The molecular formula is C23H39NO3. The van der Waals surface area contributed by atoms with Gasteiger partial charge in [-0.1, -0.05) is 53.7 Å². The van der Waals surface area contributed by atoms with Crippen molar-refractivity contribution in [3.05, 3.63) is 29.3 Å². The Hall–Kier alpha value is -1.10. The Morgan fingerprint density at radius 2 is 1.67 bits per heavy atom. The first kappa shape index (κ1) is 22.2. The number of nitrogens with zero attached hydrogens (tertiary/aromatic N) is 1. The summed E-state index contributed by atoms with van der Waals surface area (Å²) < 4.78 is 11.8. The molecule has 1 aromatic carbocycles. The lowest BCUT2D eigenvalue weighted by molar-refractivity contribution is -0.0787. The Balaban J connectivity index is 2.04. The number of ether oxygens (including phenoxy) is 2. The summed E-state index contributed by atoms with van der Waals surface area (Å²) in [6, 6.07) is 6.46. The van der Waals surface area contributed by atoms with Crippen molar-refractivity contribution in [3.63, 3.8) is 0 Å². The van der Waals surface area contributed by atoms with Crippen molar-refractivity contribution in [3.8, 4) is 5.75 Å². The summed E-state index contributed by atoms with van der Waals surface area (Å²) in [6.45, 7) is 20.1. The topological polar surface area (TPSA) is 41.9 Å². The maximum Gasteiger partial charge on any atom is 0.123 e. The van der Waals surface area contributed by atoms with Crippen LogP contribution in [0.1, 0.15) is 66.5 Å². The van der Waals surface area contributed by atoms with E-state index in [-0.39, 0.29) is 23.0 Å². The molecule has 3 atom stereocenters. The lowest BCUT2D eigenvalue weighted by atomic mass is 9.80. The monoisotopic (exact) mass is 377 g/mol. The summed E-state index contributed by atoms with van der Waals surface area (Å²) in [5.74, 6) is 0.873. The molecular weight excluding hydrogens is 338 g/mol. The molecule has 1 heterocycles. The van der Waals surface area contributed by atoms with Gasteiger partial charge in [0.1, 0.15) is 18.5 Å². The lowest BCUT2D eigenvalue weighted by Gasteiger charge is -2.36. The van der Waals surface area contributed by atoms with E-state index >= 15 is 0 Å². The minimum atomic E-state index is -0.516. The number of hydrogen-bond donors (Lipinski definition) is 1. The fraction of sp³-hybridized carbons (Fsp3) is 0.739. The number of morpholine rings is 1. The molecule has 0 aliphatic carbocycles. The Morgan fingerprint density at radius 3 is 2.19 bits per heavy atom. The average molecular weight is 378 g/mol. The number of aliphatic hydroxyl groups excluding tert-OH is 1. The third-order valence-electron chi connectivity index (χ3n) is 5.05. The second kappa shape index (κ2) is 8.50. The van der Waals surface area contributed by atoms with Crippen LogP contribution in [-0.4, -0.2) is 54.6 Å². The summed E-state index contributed by atoms with van der Waals surface area (Å²) >= 11 is 0. The predicted molar refractivity (Wildman–Crippen MR) is 112 cm³/mol. The standard InChI is InChI=1S/C23H39NO3/c1-16-12-24(13-17(2)27-16)14-19(25)15-26-21-10-9-18(22(3,4)5)11-20(21)23(6,7)8/h9-11,16-17,19,25H,12-15H2,1-8H3/t16-,17-,19-/m0/s1. The minimum Gasteiger partial charge on any atom is -0.491 e. The number of rotatable bonds is 5. The largest absolute Gasteiger partial charge is 0.491 e. The molecule has 1 aromatic rings. The molecule has 1 N–H and O–H groups in total. The predicted octanol–water partition coefficient (Wildman–Crippen LogP) is 4.13. The molecule has 4 heteroatoms. The van der Waals surface area contributed by atoms with E-state index in [0.717, 1.165) is 18.8 Å². The number of hydrogen-bond acceptors (Lipinski definition) is 4. The minimum absolute atomic E-state index is 0.0172. The van der Waals surface area contributed by atoms with Gasteiger partial charge in [0.2, 0.25) is 0 Å². The quantitative estimate of drug-likeness (QED) is 0.838. The Kier molecular flexibility index (Phi) is 6.99. The van der Waals surface area contributed by atoms with Crippen molar-refractivity contribution in [1.82, 2.24) is 4.90 Å². The van der Waals surface area contributed by atoms with E-state index in [1.165, 1.54) is 11.1 Å². The summed E-state index contributed by atoms with van der Waals surface area (Å²) in [5.41, 5.74) is 2.57. The molecule has 154 valence electrons. The van der Waals surface area contributed by atoms with Crippen LogP contribution in [0.2, 0.25) is 0 Å². The highest BCUT2D eigenvalue weighted by Crippen LogP contribution is 2.35. The van der Waals surface area contributed by atoms with Crippen LogP contribution in [0.4, 0.5) is 0 Å². The average Bonchev–Trinajstić information content (AvgIpc) is 2.50. The van der Waals surface area contributed by atoms with Gasteiger partial charge in [-0.05, 0) is 41.9 Å². The summed E-state index contributed by atoms with van der Waals surface area (Å²) in [6.07, 6.45) is -0.101. The maximum absolute atomic E-state index is 10.5. The first-order chi connectivity index (χ1) is 12.4. The van der Waals surface area contributed by atoms with E-state index in [1.807, 2.05) is 0 Å². The van der Waals surface area contributed by atoms with E-state index in [0.29, 0.717) is 13.2 Å². The van der Waals surface area contributed by atoms with Gasteiger partial charge in [0.25, 0.3) is 0 Å². The maximum atomic E-state index is 10.5. The molecule has 2 rings (SSSR count). The van der Waals surface area contributed by atoms with Crippen LogP contribution in [-0.2, 0) is 15.6 Å². The molecule has 0 aromatic heterocycles. The summed E-state index contributed by atoms with van der Waals surface area (Å²) in [4.78, 5) is 2.26. The molecule has 0 spiro atoms. The van der Waals surface area contributed by atoms with Gasteiger partial charge in [-0.25, -0.2) is 0 Å². The molecule has 27 heavy (non-hydrogen) atoms. The van der Waals surface area contributed by atoms with E-state index in [4.69, 9.17) is 9.47 Å². The first-order valence-corrected chi connectivity index (χ1v) is 10.2. The molecule has 0 saturated carbocycles. The van der Waals surface area contributed by atoms with E-state index in [9.17, 15) is 5.11 Å². The van der Waals surface area contributed by atoms with Gasteiger partial charge in [0.15, 0.2) is 0 Å². The number of β-amino-alcohol motifs (C(OH)–C–C–N with tert-alkyl or cyclic N) is 1. The van der Waals surface area contributed by atoms with Crippen molar-refractivity contribution in [2.75, 3.05) is 26.2 Å². The molecule has 0 amide bonds. The fourth-order valence-corrected chi connectivity index (χ4v) is 3.68. The second-order valence-corrected chi connectivity index (χ2v) is 10.2. The number of aliphatic hydroxyl groups is 1. The van der Waals surface area contributed by atoms with Gasteiger partial charge in [0, 0.05) is 19.6 Å². The van der Waals surface area contributed by atoms with Crippen molar-refractivity contribution in [2.24, 2.45) is 0 Å². The zero-order valence-electron chi connectivity index (χ0n) is 18.5. The summed E-state index contributed by atoms with van der Waals surface area (Å²) in [7, 11) is 0. The van der Waals surface area contributed by atoms with Crippen LogP contribution in [0.25, 0.3) is 0 Å². The Morgan fingerprint density at radius 1 is 1.07 bits per heavy atom. The molecule has 1 aliphatic heterocycles. The zero-order valence-corrected chi connectivity index (χ0v) is 18.5. The van der Waals surface area contributed by atoms with Gasteiger partial charge in [-0.15, -0.1) is 0 Å². The lowest BCUT2D eigenvalue weighted by Crippen LogP contribution is -2.48. The third-order valence-corrected chi connectivity index (χ3v) is 5.05. The van der Waals surface area contributed by atoms with Crippen LogP contribution < -0.4 is 4.74 Å². The van der Waals surface area contributed by atoms with Crippen LogP contribution in [0.5, 0.6) is 5.75 Å². The highest BCUT2D eigenvalue weighted by atomic mass is 16.5. The molecule has 1 fully saturated rings.